The third-order valence-corrected chi connectivity index (χ3v) is 4.22. The van der Waals surface area contributed by atoms with Crippen LogP contribution in [0.1, 0.15) is 5.76 Å². The summed E-state index contributed by atoms with van der Waals surface area (Å²) in [5.74, 6) is 0.625. The second-order valence-corrected chi connectivity index (χ2v) is 6.21. The Bertz CT molecular complexity index is 861. The third kappa shape index (κ3) is 5.13. The molecule has 1 aliphatic heterocycles. The van der Waals surface area contributed by atoms with E-state index < -0.39 is 4.92 Å². The normalized spacial score (nSPS) is 15.1. The van der Waals surface area contributed by atoms with E-state index in [0.29, 0.717) is 43.4 Å². The van der Waals surface area contributed by atoms with Crippen molar-refractivity contribution in [2.75, 3.05) is 32.8 Å². The number of furan rings is 1. The molecule has 1 amide bonds. The van der Waals surface area contributed by atoms with Gasteiger partial charge >= 0.3 is 0 Å². The van der Waals surface area contributed by atoms with Crippen molar-refractivity contribution in [2.45, 2.75) is 0 Å². The number of halogens is 1. The van der Waals surface area contributed by atoms with Crippen LogP contribution in [-0.2, 0) is 9.53 Å². The molecule has 1 aromatic carbocycles. The smallest absolute Gasteiger partial charge is 0.270 e. The van der Waals surface area contributed by atoms with Crippen LogP contribution in [0.4, 0.5) is 5.69 Å². The summed E-state index contributed by atoms with van der Waals surface area (Å²) in [6, 6.07) is 7.46. The van der Waals surface area contributed by atoms with Crippen molar-refractivity contribution in [3.8, 4) is 11.3 Å². The number of nitro groups is 1. The summed E-state index contributed by atoms with van der Waals surface area (Å²) in [6.45, 7) is 2.93. The number of hydrogen-bond acceptors (Lipinski definition) is 7. The van der Waals surface area contributed by atoms with Gasteiger partial charge in [-0.25, -0.2) is 5.43 Å². The first-order valence-electron chi connectivity index (χ1n) is 8.19. The number of rotatable bonds is 6. The number of carbonyl (C=O) groups excluding carboxylic acids is 1. The van der Waals surface area contributed by atoms with Crippen LogP contribution < -0.4 is 5.43 Å². The Morgan fingerprint density at radius 1 is 1.33 bits per heavy atom. The highest BCUT2D eigenvalue weighted by Crippen LogP contribution is 2.31. The fourth-order valence-electron chi connectivity index (χ4n) is 2.55. The highest BCUT2D eigenvalue weighted by molar-refractivity contribution is 6.33. The van der Waals surface area contributed by atoms with Crippen LogP contribution in [0.2, 0.25) is 5.02 Å². The fourth-order valence-corrected chi connectivity index (χ4v) is 2.82. The van der Waals surface area contributed by atoms with Gasteiger partial charge in [0, 0.05) is 30.8 Å². The molecular formula is C17H17ClN4O5. The number of carbonyl (C=O) groups is 1. The summed E-state index contributed by atoms with van der Waals surface area (Å²) in [7, 11) is 0. The number of nitrogens with zero attached hydrogens (tertiary/aromatic N) is 3. The molecular weight excluding hydrogens is 376 g/mol. The molecule has 1 aliphatic rings. The van der Waals surface area contributed by atoms with Gasteiger partial charge in [0.2, 0.25) is 0 Å². The lowest BCUT2D eigenvalue weighted by atomic mass is 10.1. The summed E-state index contributed by atoms with van der Waals surface area (Å²) in [5, 5.41) is 14.9. The second-order valence-electron chi connectivity index (χ2n) is 5.80. The molecule has 1 aromatic heterocycles. The zero-order chi connectivity index (χ0) is 19.2. The summed E-state index contributed by atoms with van der Waals surface area (Å²) >= 11 is 6.09. The van der Waals surface area contributed by atoms with Crippen LogP contribution >= 0.6 is 11.6 Å². The number of non-ortho nitro benzene ring substituents is 1. The Labute approximate surface area is 159 Å². The largest absolute Gasteiger partial charge is 0.455 e. The van der Waals surface area contributed by atoms with E-state index in [1.165, 1.54) is 24.4 Å². The molecule has 0 atom stereocenters. The van der Waals surface area contributed by atoms with Crippen molar-refractivity contribution >= 4 is 29.4 Å². The van der Waals surface area contributed by atoms with Crippen LogP contribution in [0.3, 0.4) is 0 Å². The maximum Gasteiger partial charge on any atom is 0.270 e. The molecule has 3 rings (SSSR count). The van der Waals surface area contributed by atoms with Crippen molar-refractivity contribution in [3.63, 3.8) is 0 Å². The molecule has 2 aromatic rings. The van der Waals surface area contributed by atoms with Crippen molar-refractivity contribution in [2.24, 2.45) is 5.10 Å². The Hall–Kier alpha value is -2.75. The molecule has 27 heavy (non-hydrogen) atoms. The zero-order valence-corrected chi connectivity index (χ0v) is 15.0. The lowest BCUT2D eigenvalue weighted by molar-refractivity contribution is -0.384. The molecule has 1 fully saturated rings. The van der Waals surface area contributed by atoms with Gasteiger partial charge in [-0.15, -0.1) is 0 Å². The van der Waals surface area contributed by atoms with E-state index in [9.17, 15) is 14.9 Å². The number of nitrogens with one attached hydrogen (secondary N) is 1. The quantitative estimate of drug-likeness (QED) is 0.458. The maximum absolute atomic E-state index is 11.8. The van der Waals surface area contributed by atoms with E-state index in [2.05, 4.69) is 10.5 Å². The van der Waals surface area contributed by atoms with Crippen molar-refractivity contribution < 1.29 is 18.9 Å². The standard InChI is InChI=1S/C17H17ClN4O5/c18-15-9-12(22(24)25)1-3-14(15)16-4-2-13(27-16)10-19-20-17(23)11-21-5-7-26-8-6-21/h1-4,9-10H,5-8,11H2,(H,20,23)/b19-10+. The predicted molar refractivity (Wildman–Crippen MR) is 98.8 cm³/mol. The first kappa shape index (κ1) is 19.0. The van der Waals surface area contributed by atoms with E-state index in [1.54, 1.807) is 12.1 Å². The van der Waals surface area contributed by atoms with Crippen LogP contribution in [0.15, 0.2) is 39.9 Å². The lowest BCUT2D eigenvalue weighted by Crippen LogP contribution is -2.42. The molecule has 0 radical (unpaired) electrons. The minimum Gasteiger partial charge on any atom is -0.455 e. The van der Waals surface area contributed by atoms with Crippen molar-refractivity contribution in [3.05, 3.63) is 51.2 Å². The molecule has 1 saturated heterocycles. The molecule has 10 heteroatoms. The molecule has 1 N–H and O–H groups in total. The monoisotopic (exact) mass is 392 g/mol. The Morgan fingerprint density at radius 3 is 2.81 bits per heavy atom. The Morgan fingerprint density at radius 2 is 2.11 bits per heavy atom. The second kappa shape index (κ2) is 8.76. The Kier molecular flexibility index (Phi) is 6.17. The average molecular weight is 393 g/mol. The van der Waals surface area contributed by atoms with Gasteiger partial charge in [-0.1, -0.05) is 11.6 Å². The molecule has 0 spiro atoms. The first-order valence-corrected chi connectivity index (χ1v) is 8.57. The van der Waals surface area contributed by atoms with Crippen molar-refractivity contribution in [1.29, 1.82) is 0 Å². The summed E-state index contributed by atoms with van der Waals surface area (Å²) in [6.07, 6.45) is 1.38. The highest BCUT2D eigenvalue weighted by atomic mass is 35.5. The van der Waals surface area contributed by atoms with Crippen LogP contribution in [0.25, 0.3) is 11.3 Å². The summed E-state index contributed by atoms with van der Waals surface area (Å²) < 4.78 is 10.8. The average Bonchev–Trinajstić information content (AvgIpc) is 3.11. The summed E-state index contributed by atoms with van der Waals surface area (Å²) in [5.41, 5.74) is 2.87. The van der Waals surface area contributed by atoms with E-state index in [1.807, 2.05) is 4.90 Å². The van der Waals surface area contributed by atoms with Gasteiger partial charge < -0.3 is 9.15 Å². The maximum atomic E-state index is 11.8. The van der Waals surface area contributed by atoms with E-state index >= 15 is 0 Å². The number of ether oxygens (including phenoxy) is 1. The number of benzene rings is 1. The van der Waals surface area contributed by atoms with Gasteiger partial charge in [0.1, 0.15) is 11.5 Å². The van der Waals surface area contributed by atoms with Gasteiger partial charge in [0.05, 0.1) is 35.9 Å². The van der Waals surface area contributed by atoms with Crippen LogP contribution in [0, 0.1) is 10.1 Å². The van der Waals surface area contributed by atoms with Crippen LogP contribution in [-0.4, -0.2) is 54.8 Å². The predicted octanol–water partition coefficient (Wildman–Crippen LogP) is 2.29. The minimum absolute atomic E-state index is 0.0972. The first-order chi connectivity index (χ1) is 13.0. The molecule has 9 nitrogen and oxygen atoms in total. The van der Waals surface area contributed by atoms with Gasteiger partial charge in [0.15, 0.2) is 0 Å². The van der Waals surface area contributed by atoms with Gasteiger partial charge in [-0.05, 0) is 18.2 Å². The molecule has 142 valence electrons. The lowest BCUT2D eigenvalue weighted by Gasteiger charge is -2.25. The molecule has 0 saturated carbocycles. The van der Waals surface area contributed by atoms with Gasteiger partial charge in [-0.3, -0.25) is 19.8 Å². The third-order valence-electron chi connectivity index (χ3n) is 3.91. The molecule has 0 unspecified atom stereocenters. The minimum atomic E-state index is -0.518. The number of hydrazone groups is 1. The van der Waals surface area contributed by atoms with Crippen molar-refractivity contribution in [1.82, 2.24) is 10.3 Å². The number of hydrogen-bond donors (Lipinski definition) is 1. The molecule has 0 aliphatic carbocycles. The summed E-state index contributed by atoms with van der Waals surface area (Å²) in [4.78, 5) is 24.1. The van der Waals surface area contributed by atoms with Gasteiger partial charge in [0.25, 0.3) is 11.6 Å². The SMILES string of the molecule is O=C(CN1CCOCC1)N/N=C/c1ccc(-c2ccc([N+](=O)[O-])cc2Cl)o1. The van der Waals surface area contributed by atoms with Crippen LogP contribution in [0.5, 0.6) is 0 Å². The Balaban J connectivity index is 1.58. The number of amides is 1. The van der Waals surface area contributed by atoms with Gasteiger partial charge in [-0.2, -0.15) is 5.10 Å². The highest BCUT2D eigenvalue weighted by Gasteiger charge is 2.14. The zero-order valence-electron chi connectivity index (χ0n) is 14.3. The van der Waals surface area contributed by atoms with E-state index in [4.69, 9.17) is 20.8 Å². The molecule has 2 heterocycles. The topological polar surface area (TPSA) is 110 Å². The number of nitro benzene ring substituents is 1. The molecule has 0 bridgehead atoms. The fraction of sp³-hybridized carbons (Fsp3) is 0.294. The van der Waals surface area contributed by atoms with E-state index in [0.717, 1.165) is 0 Å². The number of morpholine rings is 1. The van der Waals surface area contributed by atoms with E-state index in [-0.39, 0.29) is 23.2 Å².